The third kappa shape index (κ3) is 4.47. The second-order valence-corrected chi connectivity index (χ2v) is 6.29. The molecule has 0 aromatic heterocycles. The van der Waals surface area contributed by atoms with E-state index >= 15 is 0 Å². The fourth-order valence-corrected chi connectivity index (χ4v) is 2.71. The molecule has 2 rings (SSSR count). The predicted octanol–water partition coefficient (Wildman–Crippen LogP) is -0.515. The SMILES string of the molecule is C[C@H](C(O)CC1=Nc2ccc(F)cc2CC1=O)C(O)[C@H](O)[C@H](O)CO. The van der Waals surface area contributed by atoms with Gasteiger partial charge in [-0.1, -0.05) is 6.92 Å². The number of nitrogens with zero attached hydrogens (tertiary/aromatic N) is 1. The molecule has 0 fully saturated rings. The van der Waals surface area contributed by atoms with Crippen LogP contribution in [0, 0.1) is 11.7 Å². The van der Waals surface area contributed by atoms with Crippen LogP contribution >= 0.6 is 0 Å². The van der Waals surface area contributed by atoms with Crippen molar-refractivity contribution in [2.75, 3.05) is 6.61 Å². The summed E-state index contributed by atoms with van der Waals surface area (Å²) >= 11 is 0. The van der Waals surface area contributed by atoms with Gasteiger partial charge in [0, 0.05) is 18.8 Å². The van der Waals surface area contributed by atoms with Crippen molar-refractivity contribution in [1.82, 2.24) is 0 Å². The van der Waals surface area contributed by atoms with Crippen molar-refractivity contribution in [2.45, 2.75) is 44.2 Å². The molecule has 0 aliphatic carbocycles. The van der Waals surface area contributed by atoms with Crippen molar-refractivity contribution >= 4 is 17.2 Å². The lowest BCUT2D eigenvalue weighted by Crippen LogP contribution is -2.46. The van der Waals surface area contributed by atoms with Crippen LogP contribution < -0.4 is 0 Å². The van der Waals surface area contributed by atoms with Crippen molar-refractivity contribution < 1.29 is 34.7 Å². The fraction of sp³-hybridized carbons (Fsp3) is 0.529. The van der Waals surface area contributed by atoms with Crippen LogP contribution in [0.25, 0.3) is 0 Å². The van der Waals surface area contributed by atoms with Crippen LogP contribution in [0.2, 0.25) is 0 Å². The van der Waals surface area contributed by atoms with Crippen LogP contribution in [0.3, 0.4) is 0 Å². The normalized spacial score (nSPS) is 20.3. The standard InChI is InChI=1S/C17H22FNO6/c1-8(16(24)17(25)15(23)7-20)13(21)6-12-14(22)5-9-4-10(18)2-3-11(9)19-12/h2-4,8,13,15-17,20-21,23-25H,5-7H2,1H3/t8-,13?,15-,16?,17-/m1/s1. The van der Waals surface area contributed by atoms with Gasteiger partial charge in [-0.15, -0.1) is 0 Å². The average molecular weight is 355 g/mol. The second kappa shape index (κ2) is 8.11. The summed E-state index contributed by atoms with van der Waals surface area (Å²) < 4.78 is 13.2. The highest BCUT2D eigenvalue weighted by atomic mass is 19.1. The predicted molar refractivity (Wildman–Crippen MR) is 87.1 cm³/mol. The van der Waals surface area contributed by atoms with Crippen LogP contribution in [0.4, 0.5) is 10.1 Å². The first kappa shape index (κ1) is 19.6. The average Bonchev–Trinajstić information content (AvgIpc) is 2.59. The number of carbonyl (C=O) groups is 1. The molecule has 1 aromatic rings. The summed E-state index contributed by atoms with van der Waals surface area (Å²) in [5.41, 5.74) is 1.02. The monoisotopic (exact) mass is 355 g/mol. The molecule has 7 nitrogen and oxygen atoms in total. The molecular weight excluding hydrogens is 333 g/mol. The van der Waals surface area contributed by atoms with E-state index in [1.807, 2.05) is 0 Å². The Kier molecular flexibility index (Phi) is 6.36. The summed E-state index contributed by atoms with van der Waals surface area (Å²) in [5.74, 6) is -1.70. The summed E-state index contributed by atoms with van der Waals surface area (Å²) in [7, 11) is 0. The Labute approximate surface area is 144 Å². The molecule has 0 bridgehead atoms. The molecular formula is C17H22FNO6. The number of carbonyl (C=O) groups excluding carboxylic acids is 1. The van der Waals surface area contributed by atoms with Crippen LogP contribution in [-0.2, 0) is 11.2 Å². The number of ketones is 1. The maximum absolute atomic E-state index is 13.2. The number of hydrogen-bond donors (Lipinski definition) is 5. The van der Waals surface area contributed by atoms with E-state index in [0.717, 1.165) is 0 Å². The van der Waals surface area contributed by atoms with E-state index in [1.165, 1.54) is 25.1 Å². The number of hydrogen-bond acceptors (Lipinski definition) is 7. The zero-order valence-corrected chi connectivity index (χ0v) is 13.7. The lowest BCUT2D eigenvalue weighted by Gasteiger charge is -2.30. The molecule has 5 N–H and O–H groups in total. The van der Waals surface area contributed by atoms with Gasteiger partial charge in [-0.2, -0.15) is 0 Å². The van der Waals surface area contributed by atoms with E-state index in [0.29, 0.717) is 11.3 Å². The number of benzene rings is 1. The topological polar surface area (TPSA) is 131 Å². The molecule has 8 heteroatoms. The maximum Gasteiger partial charge on any atom is 0.181 e. The van der Waals surface area contributed by atoms with Gasteiger partial charge in [-0.3, -0.25) is 4.79 Å². The zero-order chi connectivity index (χ0) is 18.7. The molecule has 25 heavy (non-hydrogen) atoms. The Balaban J connectivity index is 2.10. The minimum Gasteiger partial charge on any atom is -0.394 e. The van der Waals surface area contributed by atoms with Crippen molar-refractivity contribution in [2.24, 2.45) is 10.9 Å². The zero-order valence-electron chi connectivity index (χ0n) is 13.7. The lowest BCUT2D eigenvalue weighted by molar-refractivity contribution is -0.114. The summed E-state index contributed by atoms with van der Waals surface area (Å²) in [5, 5.41) is 48.1. The molecule has 0 saturated carbocycles. The number of halogens is 1. The molecule has 1 aromatic carbocycles. The quantitative estimate of drug-likeness (QED) is 0.448. The highest BCUT2D eigenvalue weighted by Crippen LogP contribution is 2.27. The third-order valence-electron chi connectivity index (χ3n) is 4.45. The first-order chi connectivity index (χ1) is 11.7. The van der Waals surface area contributed by atoms with Gasteiger partial charge >= 0.3 is 0 Å². The molecule has 1 aliphatic heterocycles. The van der Waals surface area contributed by atoms with Gasteiger partial charge in [0.15, 0.2) is 5.78 Å². The van der Waals surface area contributed by atoms with Gasteiger partial charge in [-0.25, -0.2) is 9.38 Å². The van der Waals surface area contributed by atoms with Gasteiger partial charge in [0.25, 0.3) is 0 Å². The number of Topliss-reactive ketones (excluding diaryl/α,β-unsaturated/α-hetero) is 1. The number of rotatable bonds is 7. The van der Waals surface area contributed by atoms with Crippen LogP contribution in [-0.4, -0.2) is 68.1 Å². The number of aliphatic imine (C=N–C) groups is 1. The van der Waals surface area contributed by atoms with E-state index < -0.39 is 42.8 Å². The molecule has 5 atom stereocenters. The van der Waals surface area contributed by atoms with Crippen LogP contribution in [0.5, 0.6) is 0 Å². The minimum atomic E-state index is -1.64. The highest BCUT2D eigenvalue weighted by molar-refractivity contribution is 6.41. The van der Waals surface area contributed by atoms with Crippen molar-refractivity contribution in [3.63, 3.8) is 0 Å². The van der Waals surface area contributed by atoms with E-state index in [4.69, 9.17) is 5.11 Å². The fourth-order valence-electron chi connectivity index (χ4n) is 2.71. The number of aliphatic hydroxyl groups excluding tert-OH is 5. The van der Waals surface area contributed by atoms with Crippen LogP contribution in [0.15, 0.2) is 23.2 Å². The Hall–Kier alpha value is -1.71. The first-order valence-electron chi connectivity index (χ1n) is 7.97. The Morgan fingerprint density at radius 1 is 1.16 bits per heavy atom. The Bertz CT molecular complexity index is 665. The van der Waals surface area contributed by atoms with Gasteiger partial charge in [-0.05, 0) is 23.8 Å². The largest absolute Gasteiger partial charge is 0.394 e. The third-order valence-corrected chi connectivity index (χ3v) is 4.45. The lowest BCUT2D eigenvalue weighted by atomic mass is 9.87. The Morgan fingerprint density at radius 2 is 1.84 bits per heavy atom. The highest BCUT2D eigenvalue weighted by Gasteiger charge is 2.34. The maximum atomic E-state index is 13.2. The summed E-state index contributed by atoms with van der Waals surface area (Å²) in [6, 6.07) is 3.91. The molecule has 0 saturated heterocycles. The van der Waals surface area contributed by atoms with Gasteiger partial charge in [0.2, 0.25) is 0 Å². The van der Waals surface area contributed by atoms with E-state index in [2.05, 4.69) is 4.99 Å². The summed E-state index contributed by atoms with van der Waals surface area (Å²) in [6.45, 7) is 0.708. The Morgan fingerprint density at radius 3 is 2.48 bits per heavy atom. The van der Waals surface area contributed by atoms with Crippen molar-refractivity contribution in [3.8, 4) is 0 Å². The number of fused-ring (bicyclic) bond motifs is 1. The molecule has 0 amide bonds. The van der Waals surface area contributed by atoms with Gasteiger partial charge in [0.1, 0.15) is 18.0 Å². The molecule has 1 aliphatic rings. The molecule has 0 spiro atoms. The summed E-state index contributed by atoms with van der Waals surface area (Å²) in [6.07, 6.45) is -6.07. The van der Waals surface area contributed by atoms with E-state index in [9.17, 15) is 29.6 Å². The van der Waals surface area contributed by atoms with Gasteiger partial charge in [0.05, 0.1) is 30.2 Å². The van der Waals surface area contributed by atoms with Crippen molar-refractivity contribution in [3.05, 3.63) is 29.6 Å². The molecule has 0 radical (unpaired) electrons. The summed E-state index contributed by atoms with van der Waals surface area (Å²) in [4.78, 5) is 16.3. The smallest absolute Gasteiger partial charge is 0.181 e. The minimum absolute atomic E-state index is 0.0264. The van der Waals surface area contributed by atoms with Gasteiger partial charge < -0.3 is 25.5 Å². The van der Waals surface area contributed by atoms with E-state index in [1.54, 1.807) is 0 Å². The van der Waals surface area contributed by atoms with Crippen LogP contribution in [0.1, 0.15) is 18.9 Å². The molecule has 2 unspecified atom stereocenters. The molecule has 138 valence electrons. The second-order valence-electron chi connectivity index (χ2n) is 6.29. The number of aliphatic hydroxyl groups is 5. The first-order valence-corrected chi connectivity index (χ1v) is 7.97. The van der Waals surface area contributed by atoms with Crippen molar-refractivity contribution in [1.29, 1.82) is 0 Å². The molecule has 1 heterocycles. The van der Waals surface area contributed by atoms with E-state index in [-0.39, 0.29) is 24.3 Å².